The number of hydrogen-bond donors (Lipinski definition) is 2. The summed E-state index contributed by atoms with van der Waals surface area (Å²) in [6, 6.07) is 0. The highest BCUT2D eigenvalue weighted by atomic mass is 16.5. The van der Waals surface area contributed by atoms with Crippen molar-refractivity contribution in [3.63, 3.8) is 0 Å². The molecule has 0 aromatic rings. The molecule has 0 aliphatic carbocycles. The summed E-state index contributed by atoms with van der Waals surface area (Å²) < 4.78 is 5.19. The van der Waals surface area contributed by atoms with Crippen LogP contribution in [0.2, 0.25) is 0 Å². The van der Waals surface area contributed by atoms with E-state index in [0.717, 1.165) is 0 Å². The Morgan fingerprint density at radius 3 is 2.58 bits per heavy atom. The number of rotatable bonds is 7. The second-order valence-corrected chi connectivity index (χ2v) is 5.12. The Hall–Kier alpha value is -1.14. The van der Waals surface area contributed by atoms with Crippen LogP contribution in [0.25, 0.3) is 0 Å². The minimum Gasteiger partial charge on any atom is -0.378 e. The van der Waals surface area contributed by atoms with Crippen molar-refractivity contribution in [1.82, 2.24) is 15.5 Å². The largest absolute Gasteiger partial charge is 0.378 e. The van der Waals surface area contributed by atoms with E-state index in [1.807, 2.05) is 0 Å². The van der Waals surface area contributed by atoms with Crippen LogP contribution < -0.4 is 10.6 Å². The molecule has 0 radical (unpaired) electrons. The van der Waals surface area contributed by atoms with E-state index in [9.17, 15) is 9.59 Å². The van der Waals surface area contributed by atoms with Crippen molar-refractivity contribution >= 4 is 11.8 Å². The smallest absolute Gasteiger partial charge is 0.236 e. The van der Waals surface area contributed by atoms with E-state index >= 15 is 0 Å². The van der Waals surface area contributed by atoms with E-state index in [2.05, 4.69) is 24.5 Å². The summed E-state index contributed by atoms with van der Waals surface area (Å²) in [5.74, 6) is 0.561. The van der Waals surface area contributed by atoms with Gasteiger partial charge in [-0.1, -0.05) is 13.8 Å². The topological polar surface area (TPSA) is 70.7 Å². The standard InChI is InChI=1S/C13H25N3O3/c1-11(2)9-15-12(17)3-4-14-10-13(18)16-5-7-19-8-6-16/h11,14H,3-10H2,1-2H3,(H,15,17). The first kappa shape index (κ1) is 15.9. The summed E-state index contributed by atoms with van der Waals surface area (Å²) in [6.45, 7) is 8.18. The number of carbonyl (C=O) groups is 2. The first-order valence-corrected chi connectivity index (χ1v) is 6.92. The molecule has 6 heteroatoms. The van der Waals surface area contributed by atoms with E-state index in [1.54, 1.807) is 4.90 Å². The summed E-state index contributed by atoms with van der Waals surface area (Å²) in [4.78, 5) is 25.0. The van der Waals surface area contributed by atoms with Crippen molar-refractivity contribution in [3.05, 3.63) is 0 Å². The fourth-order valence-corrected chi connectivity index (χ4v) is 1.73. The molecule has 1 rings (SSSR count). The monoisotopic (exact) mass is 271 g/mol. The van der Waals surface area contributed by atoms with E-state index in [0.29, 0.717) is 51.7 Å². The summed E-state index contributed by atoms with van der Waals surface area (Å²) in [5, 5.41) is 5.85. The maximum absolute atomic E-state index is 11.8. The zero-order valence-electron chi connectivity index (χ0n) is 11.9. The lowest BCUT2D eigenvalue weighted by molar-refractivity contribution is -0.134. The molecule has 1 aliphatic heterocycles. The summed E-state index contributed by atoms with van der Waals surface area (Å²) in [7, 11) is 0. The van der Waals surface area contributed by atoms with E-state index in [1.165, 1.54) is 0 Å². The summed E-state index contributed by atoms with van der Waals surface area (Å²) in [6.07, 6.45) is 0.406. The molecule has 19 heavy (non-hydrogen) atoms. The van der Waals surface area contributed by atoms with Crippen LogP contribution in [0.1, 0.15) is 20.3 Å². The van der Waals surface area contributed by atoms with Crippen molar-refractivity contribution < 1.29 is 14.3 Å². The molecule has 0 aromatic carbocycles. The van der Waals surface area contributed by atoms with Gasteiger partial charge in [0, 0.05) is 32.6 Å². The van der Waals surface area contributed by atoms with Crippen LogP contribution in [-0.2, 0) is 14.3 Å². The first-order chi connectivity index (χ1) is 9.09. The van der Waals surface area contributed by atoms with Gasteiger partial charge in [0.25, 0.3) is 0 Å². The van der Waals surface area contributed by atoms with Crippen LogP contribution in [-0.4, -0.2) is 62.7 Å². The maximum Gasteiger partial charge on any atom is 0.236 e. The van der Waals surface area contributed by atoms with Crippen LogP contribution in [0.5, 0.6) is 0 Å². The Balaban J connectivity index is 2.03. The average molecular weight is 271 g/mol. The quantitative estimate of drug-likeness (QED) is 0.618. The summed E-state index contributed by atoms with van der Waals surface area (Å²) in [5.41, 5.74) is 0. The van der Waals surface area contributed by atoms with Gasteiger partial charge in [-0.15, -0.1) is 0 Å². The molecule has 0 spiro atoms. The third kappa shape index (κ3) is 7.12. The normalized spacial score (nSPS) is 15.6. The Bertz CT molecular complexity index is 289. The fourth-order valence-electron chi connectivity index (χ4n) is 1.73. The predicted octanol–water partition coefficient (Wildman–Crippen LogP) is -0.403. The van der Waals surface area contributed by atoms with Crippen LogP contribution >= 0.6 is 0 Å². The molecule has 0 saturated carbocycles. The van der Waals surface area contributed by atoms with Crippen LogP contribution in [0, 0.1) is 5.92 Å². The Labute approximate surface area is 114 Å². The van der Waals surface area contributed by atoms with Crippen molar-refractivity contribution in [3.8, 4) is 0 Å². The van der Waals surface area contributed by atoms with Gasteiger partial charge >= 0.3 is 0 Å². The molecule has 2 amide bonds. The number of hydrogen-bond acceptors (Lipinski definition) is 4. The van der Waals surface area contributed by atoms with Gasteiger partial charge in [0.2, 0.25) is 11.8 Å². The lowest BCUT2D eigenvalue weighted by Crippen LogP contribution is -2.45. The fraction of sp³-hybridized carbons (Fsp3) is 0.846. The highest BCUT2D eigenvalue weighted by Gasteiger charge is 2.15. The van der Waals surface area contributed by atoms with Crippen LogP contribution in [0.3, 0.4) is 0 Å². The lowest BCUT2D eigenvalue weighted by Gasteiger charge is -2.26. The Morgan fingerprint density at radius 2 is 1.95 bits per heavy atom. The molecule has 1 aliphatic rings. The van der Waals surface area contributed by atoms with Crippen LogP contribution in [0.15, 0.2) is 0 Å². The number of nitrogens with zero attached hydrogens (tertiary/aromatic N) is 1. The molecule has 0 unspecified atom stereocenters. The minimum absolute atomic E-state index is 0.0278. The van der Waals surface area contributed by atoms with E-state index in [-0.39, 0.29) is 18.4 Å². The molecule has 2 N–H and O–H groups in total. The predicted molar refractivity (Wildman–Crippen MR) is 72.7 cm³/mol. The van der Waals surface area contributed by atoms with Crippen LogP contribution in [0.4, 0.5) is 0 Å². The molecule has 0 atom stereocenters. The number of morpholine rings is 1. The van der Waals surface area contributed by atoms with Crippen molar-refractivity contribution in [2.75, 3.05) is 45.9 Å². The zero-order valence-corrected chi connectivity index (χ0v) is 11.9. The molecule has 0 aromatic heterocycles. The number of carbonyl (C=O) groups excluding carboxylic acids is 2. The Morgan fingerprint density at radius 1 is 1.26 bits per heavy atom. The van der Waals surface area contributed by atoms with Crippen molar-refractivity contribution in [2.24, 2.45) is 5.92 Å². The maximum atomic E-state index is 11.8. The second-order valence-electron chi connectivity index (χ2n) is 5.12. The second kappa shape index (κ2) is 8.87. The van der Waals surface area contributed by atoms with E-state index in [4.69, 9.17) is 4.74 Å². The van der Waals surface area contributed by atoms with Gasteiger partial charge < -0.3 is 20.3 Å². The molecule has 1 saturated heterocycles. The molecular weight excluding hydrogens is 246 g/mol. The minimum atomic E-state index is 0.0278. The van der Waals surface area contributed by atoms with Gasteiger partial charge in [-0.25, -0.2) is 0 Å². The molecule has 6 nitrogen and oxygen atoms in total. The van der Waals surface area contributed by atoms with Crippen molar-refractivity contribution in [2.45, 2.75) is 20.3 Å². The SMILES string of the molecule is CC(C)CNC(=O)CCNCC(=O)N1CCOCC1. The molecule has 1 fully saturated rings. The Kier molecular flexibility index (Phi) is 7.43. The molecule has 0 bridgehead atoms. The van der Waals surface area contributed by atoms with Gasteiger partial charge in [-0.2, -0.15) is 0 Å². The van der Waals surface area contributed by atoms with Gasteiger partial charge in [0.05, 0.1) is 19.8 Å². The number of amides is 2. The summed E-state index contributed by atoms with van der Waals surface area (Å²) >= 11 is 0. The lowest BCUT2D eigenvalue weighted by atomic mass is 10.2. The third-order valence-electron chi connectivity index (χ3n) is 2.88. The average Bonchev–Trinajstić information content (AvgIpc) is 2.42. The van der Waals surface area contributed by atoms with Gasteiger partial charge in [-0.05, 0) is 5.92 Å². The third-order valence-corrected chi connectivity index (χ3v) is 2.88. The molecular formula is C13H25N3O3. The van der Waals surface area contributed by atoms with Gasteiger partial charge in [0.15, 0.2) is 0 Å². The van der Waals surface area contributed by atoms with Crippen molar-refractivity contribution in [1.29, 1.82) is 0 Å². The molecule has 1 heterocycles. The van der Waals surface area contributed by atoms with E-state index < -0.39 is 0 Å². The highest BCUT2D eigenvalue weighted by Crippen LogP contribution is 1.96. The number of ether oxygens (including phenoxy) is 1. The highest BCUT2D eigenvalue weighted by molar-refractivity contribution is 5.78. The van der Waals surface area contributed by atoms with Gasteiger partial charge in [-0.3, -0.25) is 9.59 Å². The number of nitrogens with one attached hydrogen (secondary N) is 2. The first-order valence-electron chi connectivity index (χ1n) is 6.92. The molecule has 110 valence electrons. The van der Waals surface area contributed by atoms with Gasteiger partial charge in [0.1, 0.15) is 0 Å². The zero-order chi connectivity index (χ0) is 14.1.